The lowest BCUT2D eigenvalue weighted by Crippen LogP contribution is -2.30. The number of thiophene rings is 1. The van der Waals surface area contributed by atoms with E-state index in [4.69, 9.17) is 0 Å². The van der Waals surface area contributed by atoms with Gasteiger partial charge in [-0.15, -0.1) is 11.3 Å². The molecule has 0 spiro atoms. The van der Waals surface area contributed by atoms with Gasteiger partial charge in [0.25, 0.3) is 5.56 Å². The molecule has 1 amide bonds. The minimum Gasteiger partial charge on any atom is -0.324 e. The fourth-order valence-corrected chi connectivity index (χ4v) is 4.17. The van der Waals surface area contributed by atoms with E-state index in [0.29, 0.717) is 16.0 Å². The standard InChI is InChI=1S/C22H19N3O2S/c1-14-8-6-7-11-18(14)24-20(26)13-25-15(2)23-21-17(22(25)27)12-19(28-21)16-9-4-3-5-10-16/h3-12H,13H2,1-2H3,(H,24,26). The van der Waals surface area contributed by atoms with E-state index in [1.165, 1.54) is 15.9 Å². The lowest BCUT2D eigenvalue weighted by atomic mass is 10.2. The highest BCUT2D eigenvalue weighted by molar-refractivity contribution is 7.21. The van der Waals surface area contributed by atoms with Gasteiger partial charge < -0.3 is 5.32 Å². The number of nitrogens with zero attached hydrogens (tertiary/aromatic N) is 2. The lowest BCUT2D eigenvalue weighted by Gasteiger charge is -2.11. The van der Waals surface area contributed by atoms with Crippen LogP contribution in [-0.2, 0) is 11.3 Å². The molecule has 2 aromatic carbocycles. The average Bonchev–Trinajstić information content (AvgIpc) is 3.12. The molecule has 0 radical (unpaired) electrons. The van der Waals surface area contributed by atoms with Crippen molar-refractivity contribution in [3.05, 3.63) is 82.4 Å². The molecule has 0 aliphatic rings. The van der Waals surface area contributed by atoms with Gasteiger partial charge in [0.05, 0.1) is 5.39 Å². The van der Waals surface area contributed by atoms with Crippen LogP contribution >= 0.6 is 11.3 Å². The Bertz CT molecular complexity index is 1230. The molecule has 1 N–H and O–H groups in total. The van der Waals surface area contributed by atoms with Gasteiger partial charge in [0.1, 0.15) is 17.2 Å². The summed E-state index contributed by atoms with van der Waals surface area (Å²) < 4.78 is 1.43. The van der Waals surface area contributed by atoms with E-state index >= 15 is 0 Å². The zero-order valence-corrected chi connectivity index (χ0v) is 16.4. The minimum atomic E-state index is -0.251. The van der Waals surface area contributed by atoms with E-state index in [9.17, 15) is 9.59 Å². The number of para-hydroxylation sites is 1. The van der Waals surface area contributed by atoms with Crippen LogP contribution in [-0.4, -0.2) is 15.5 Å². The van der Waals surface area contributed by atoms with Crippen LogP contribution < -0.4 is 10.9 Å². The molecule has 0 aliphatic carbocycles. The van der Waals surface area contributed by atoms with Crippen LogP contribution in [0.1, 0.15) is 11.4 Å². The minimum absolute atomic E-state index is 0.0710. The van der Waals surface area contributed by atoms with Crippen LogP contribution in [0.4, 0.5) is 5.69 Å². The van der Waals surface area contributed by atoms with Crippen molar-refractivity contribution in [2.24, 2.45) is 0 Å². The van der Waals surface area contributed by atoms with Gasteiger partial charge >= 0.3 is 0 Å². The molecule has 0 fully saturated rings. The van der Waals surface area contributed by atoms with Crippen LogP contribution in [0.15, 0.2) is 65.5 Å². The summed E-state index contributed by atoms with van der Waals surface area (Å²) in [5.74, 6) is 0.276. The Morgan fingerprint density at radius 1 is 1.07 bits per heavy atom. The third-order valence-electron chi connectivity index (χ3n) is 4.62. The Kier molecular flexibility index (Phi) is 4.79. The van der Waals surface area contributed by atoms with Gasteiger partial charge in [0, 0.05) is 10.6 Å². The number of carbonyl (C=O) groups is 1. The number of fused-ring (bicyclic) bond motifs is 1. The molecular weight excluding hydrogens is 370 g/mol. The van der Waals surface area contributed by atoms with Gasteiger partial charge in [-0.3, -0.25) is 14.2 Å². The van der Waals surface area contributed by atoms with Crippen molar-refractivity contribution in [2.45, 2.75) is 20.4 Å². The number of anilines is 1. The first-order valence-corrected chi connectivity index (χ1v) is 9.76. The second kappa shape index (κ2) is 7.40. The topological polar surface area (TPSA) is 64.0 Å². The molecule has 5 nitrogen and oxygen atoms in total. The summed E-state index contributed by atoms with van der Waals surface area (Å²) in [6.45, 7) is 3.61. The van der Waals surface area contributed by atoms with Crippen LogP contribution in [0.25, 0.3) is 20.7 Å². The van der Waals surface area contributed by atoms with Gasteiger partial charge in [-0.05, 0) is 37.1 Å². The Morgan fingerprint density at radius 2 is 1.79 bits per heavy atom. The highest BCUT2D eigenvalue weighted by atomic mass is 32.1. The molecule has 4 aromatic rings. The largest absolute Gasteiger partial charge is 0.324 e. The normalized spacial score (nSPS) is 10.9. The molecule has 2 heterocycles. The second-order valence-corrected chi connectivity index (χ2v) is 7.64. The Hall–Kier alpha value is -3.25. The third-order valence-corrected chi connectivity index (χ3v) is 5.70. The fourth-order valence-electron chi connectivity index (χ4n) is 3.09. The SMILES string of the molecule is Cc1ccccc1NC(=O)Cn1c(C)nc2sc(-c3ccccc3)cc2c1=O. The Balaban J connectivity index is 1.67. The predicted octanol–water partition coefficient (Wildman–Crippen LogP) is 4.38. The van der Waals surface area contributed by atoms with Gasteiger partial charge in [0.15, 0.2) is 0 Å². The number of rotatable bonds is 4. The Labute approximate surface area is 166 Å². The molecule has 2 aromatic heterocycles. The maximum atomic E-state index is 13.0. The van der Waals surface area contributed by atoms with Crippen molar-refractivity contribution in [3.63, 3.8) is 0 Å². The fraction of sp³-hybridized carbons (Fsp3) is 0.136. The van der Waals surface area contributed by atoms with Gasteiger partial charge in [-0.2, -0.15) is 0 Å². The van der Waals surface area contributed by atoms with Gasteiger partial charge in [-0.25, -0.2) is 4.98 Å². The van der Waals surface area contributed by atoms with E-state index in [0.717, 1.165) is 21.7 Å². The predicted molar refractivity (Wildman–Crippen MR) is 114 cm³/mol. The summed E-state index contributed by atoms with van der Waals surface area (Å²) >= 11 is 1.49. The second-order valence-electron chi connectivity index (χ2n) is 6.61. The molecule has 28 heavy (non-hydrogen) atoms. The first kappa shape index (κ1) is 18.1. The van der Waals surface area contributed by atoms with E-state index in [2.05, 4.69) is 10.3 Å². The molecule has 4 rings (SSSR count). The van der Waals surface area contributed by atoms with Crippen LogP contribution in [0.3, 0.4) is 0 Å². The number of hydrogen-bond acceptors (Lipinski definition) is 4. The zero-order valence-electron chi connectivity index (χ0n) is 15.6. The first-order chi connectivity index (χ1) is 13.5. The number of benzene rings is 2. The van der Waals surface area contributed by atoms with Crippen LogP contribution in [0, 0.1) is 13.8 Å². The molecule has 140 valence electrons. The van der Waals surface area contributed by atoms with E-state index < -0.39 is 0 Å². The summed E-state index contributed by atoms with van der Waals surface area (Å²) in [7, 11) is 0. The smallest absolute Gasteiger partial charge is 0.262 e. The third kappa shape index (κ3) is 3.46. The molecule has 0 unspecified atom stereocenters. The number of aryl methyl sites for hydroxylation is 2. The molecule has 0 atom stereocenters. The molecule has 6 heteroatoms. The summed E-state index contributed by atoms with van der Waals surface area (Å²) in [5, 5.41) is 3.41. The molecule has 0 saturated carbocycles. The van der Waals surface area contributed by atoms with Crippen molar-refractivity contribution in [1.29, 1.82) is 0 Å². The zero-order chi connectivity index (χ0) is 19.7. The van der Waals surface area contributed by atoms with Crippen molar-refractivity contribution < 1.29 is 4.79 Å². The summed E-state index contributed by atoms with van der Waals surface area (Å²) in [6, 6.07) is 19.3. The monoisotopic (exact) mass is 389 g/mol. The average molecular weight is 389 g/mol. The lowest BCUT2D eigenvalue weighted by molar-refractivity contribution is -0.116. The molecular formula is C22H19N3O2S. The van der Waals surface area contributed by atoms with Crippen LogP contribution in [0.5, 0.6) is 0 Å². The van der Waals surface area contributed by atoms with Crippen molar-refractivity contribution in [3.8, 4) is 10.4 Å². The summed E-state index contributed by atoms with van der Waals surface area (Å²) in [6.07, 6.45) is 0. The van der Waals surface area contributed by atoms with Crippen molar-refractivity contribution in [2.75, 3.05) is 5.32 Å². The van der Waals surface area contributed by atoms with Crippen LogP contribution in [0.2, 0.25) is 0 Å². The maximum absolute atomic E-state index is 13.0. The number of aromatic nitrogens is 2. The molecule has 0 bridgehead atoms. The highest BCUT2D eigenvalue weighted by Gasteiger charge is 2.15. The number of carbonyl (C=O) groups excluding carboxylic acids is 1. The molecule has 0 aliphatic heterocycles. The van der Waals surface area contributed by atoms with Crippen molar-refractivity contribution in [1.82, 2.24) is 9.55 Å². The quantitative estimate of drug-likeness (QED) is 0.563. The Morgan fingerprint density at radius 3 is 2.54 bits per heavy atom. The van der Waals surface area contributed by atoms with Crippen molar-refractivity contribution >= 4 is 33.1 Å². The summed E-state index contributed by atoms with van der Waals surface area (Å²) in [5.41, 5.74) is 2.57. The highest BCUT2D eigenvalue weighted by Crippen LogP contribution is 2.30. The van der Waals surface area contributed by atoms with E-state index in [-0.39, 0.29) is 18.0 Å². The summed E-state index contributed by atoms with van der Waals surface area (Å²) in [4.78, 5) is 31.7. The molecule has 0 saturated heterocycles. The number of hydrogen-bond donors (Lipinski definition) is 1. The van der Waals surface area contributed by atoms with E-state index in [1.54, 1.807) is 6.92 Å². The maximum Gasteiger partial charge on any atom is 0.262 e. The van der Waals surface area contributed by atoms with Gasteiger partial charge in [0.2, 0.25) is 5.91 Å². The number of amides is 1. The van der Waals surface area contributed by atoms with Gasteiger partial charge in [-0.1, -0.05) is 48.5 Å². The van der Waals surface area contributed by atoms with E-state index in [1.807, 2.05) is 67.6 Å². The number of nitrogens with one attached hydrogen (secondary N) is 1. The first-order valence-electron chi connectivity index (χ1n) is 8.95.